The van der Waals surface area contributed by atoms with Crippen LogP contribution in [0.15, 0.2) is 53.0 Å². The minimum Gasteiger partial charge on any atom is -0.507 e. The molecule has 0 aromatic heterocycles. The molecule has 0 saturated carbocycles. The molecule has 0 amide bonds. The van der Waals surface area contributed by atoms with Gasteiger partial charge in [-0.15, -0.1) is 0 Å². The molecule has 2 aromatic rings. The van der Waals surface area contributed by atoms with Gasteiger partial charge in [-0.05, 0) is 39.2 Å². The first-order chi connectivity index (χ1) is 7.68. The molecule has 1 N–H and O–H groups in total. The zero-order valence-electron chi connectivity index (χ0n) is 9.02. The van der Waals surface area contributed by atoms with E-state index in [1.54, 1.807) is 6.07 Å². The van der Waals surface area contributed by atoms with Gasteiger partial charge < -0.3 is 5.11 Å². The Hall–Kier alpha value is -1.28. The third-order valence-corrected chi connectivity index (χ3v) is 3.41. The van der Waals surface area contributed by atoms with Crippen LogP contribution in [0.1, 0.15) is 24.0 Å². The molecule has 0 spiro atoms. The van der Waals surface area contributed by atoms with Crippen molar-refractivity contribution in [3.63, 3.8) is 0 Å². The summed E-state index contributed by atoms with van der Waals surface area (Å²) < 4.78 is 0.743. The highest BCUT2D eigenvalue weighted by molar-refractivity contribution is 9.10. The predicted molar refractivity (Wildman–Crippen MR) is 69.8 cm³/mol. The van der Waals surface area contributed by atoms with Crippen LogP contribution < -0.4 is 0 Å². The van der Waals surface area contributed by atoms with Gasteiger partial charge >= 0.3 is 0 Å². The smallest absolute Gasteiger partial charge is 0.129 e. The summed E-state index contributed by atoms with van der Waals surface area (Å²) in [6.07, 6.45) is 0. The largest absolute Gasteiger partial charge is 0.507 e. The fourth-order valence-corrected chi connectivity index (χ4v) is 2.12. The van der Waals surface area contributed by atoms with Crippen molar-refractivity contribution in [1.82, 2.24) is 0 Å². The first-order valence-electron chi connectivity index (χ1n) is 5.22. The minimum atomic E-state index is 0.281. The van der Waals surface area contributed by atoms with Gasteiger partial charge in [0.2, 0.25) is 0 Å². The van der Waals surface area contributed by atoms with Crippen molar-refractivity contribution < 1.29 is 5.11 Å². The Bertz CT molecular complexity index is 479. The molecule has 0 fully saturated rings. The molecule has 0 heterocycles. The maximum Gasteiger partial charge on any atom is 0.129 e. The summed E-state index contributed by atoms with van der Waals surface area (Å²) in [6.45, 7) is 2.16. The molecule has 1 nitrogen and oxygen atoms in total. The molecule has 82 valence electrons. The molecular formula is C14H13BrO. The van der Waals surface area contributed by atoms with Crippen LogP contribution >= 0.6 is 15.9 Å². The minimum absolute atomic E-state index is 0.281. The van der Waals surface area contributed by atoms with E-state index >= 15 is 0 Å². The van der Waals surface area contributed by atoms with Crippen LogP contribution in [0.5, 0.6) is 5.75 Å². The van der Waals surface area contributed by atoms with E-state index in [0.29, 0.717) is 5.92 Å². The average Bonchev–Trinajstić information content (AvgIpc) is 2.33. The Morgan fingerprint density at radius 1 is 1.00 bits per heavy atom. The molecule has 2 heteroatoms. The number of rotatable bonds is 2. The number of halogens is 1. The lowest BCUT2D eigenvalue weighted by molar-refractivity contribution is 0.471. The highest BCUT2D eigenvalue weighted by atomic mass is 79.9. The van der Waals surface area contributed by atoms with Crippen molar-refractivity contribution in [2.45, 2.75) is 12.8 Å². The molecule has 0 radical (unpaired) electrons. The van der Waals surface area contributed by atoms with Gasteiger partial charge in [-0.3, -0.25) is 0 Å². The van der Waals surface area contributed by atoms with E-state index in [0.717, 1.165) is 4.47 Å². The highest BCUT2D eigenvalue weighted by Crippen LogP contribution is 2.30. The molecule has 0 saturated heterocycles. The molecule has 0 aliphatic carbocycles. The van der Waals surface area contributed by atoms with Gasteiger partial charge in [0, 0.05) is 5.92 Å². The summed E-state index contributed by atoms with van der Waals surface area (Å²) in [4.78, 5) is 0. The van der Waals surface area contributed by atoms with Gasteiger partial charge in [-0.2, -0.15) is 0 Å². The second kappa shape index (κ2) is 4.71. The maximum atomic E-state index is 9.45. The molecule has 0 aliphatic rings. The van der Waals surface area contributed by atoms with E-state index in [4.69, 9.17) is 0 Å². The van der Waals surface area contributed by atoms with Gasteiger partial charge in [-0.25, -0.2) is 0 Å². The Morgan fingerprint density at radius 3 is 2.31 bits per heavy atom. The zero-order valence-corrected chi connectivity index (χ0v) is 10.6. The lowest BCUT2D eigenvalue weighted by Gasteiger charge is -2.13. The third-order valence-electron chi connectivity index (χ3n) is 2.77. The normalized spacial score (nSPS) is 12.4. The first-order valence-corrected chi connectivity index (χ1v) is 6.01. The van der Waals surface area contributed by atoms with Crippen LogP contribution in [-0.4, -0.2) is 5.11 Å². The Morgan fingerprint density at radius 2 is 1.69 bits per heavy atom. The summed E-state index contributed by atoms with van der Waals surface area (Å²) >= 11 is 3.34. The average molecular weight is 277 g/mol. The lowest BCUT2D eigenvalue weighted by atomic mass is 9.93. The predicted octanol–water partition coefficient (Wildman–Crippen LogP) is 4.31. The van der Waals surface area contributed by atoms with E-state index in [1.165, 1.54) is 11.1 Å². The van der Waals surface area contributed by atoms with Gasteiger partial charge in [0.15, 0.2) is 0 Å². The fourth-order valence-electron chi connectivity index (χ4n) is 1.73. The Labute approximate surface area is 104 Å². The van der Waals surface area contributed by atoms with Gasteiger partial charge in [0.25, 0.3) is 0 Å². The standard InChI is InChI=1S/C14H13BrO/c1-10(11-5-3-2-4-6-11)12-7-8-14(16)13(15)9-12/h2-10,16H,1H3. The summed E-state index contributed by atoms with van der Waals surface area (Å²) in [5.74, 6) is 0.613. The monoisotopic (exact) mass is 276 g/mol. The summed E-state index contributed by atoms with van der Waals surface area (Å²) in [6, 6.07) is 16.0. The molecular weight excluding hydrogens is 264 g/mol. The Balaban J connectivity index is 2.34. The maximum absolute atomic E-state index is 9.45. The lowest BCUT2D eigenvalue weighted by Crippen LogP contribution is -1.95. The quantitative estimate of drug-likeness (QED) is 0.867. The number of hydrogen-bond donors (Lipinski definition) is 1. The number of phenolic OH excluding ortho intramolecular Hbond substituents is 1. The molecule has 2 rings (SSSR count). The topological polar surface area (TPSA) is 20.2 Å². The van der Waals surface area contributed by atoms with Crippen LogP contribution in [0.2, 0.25) is 0 Å². The van der Waals surface area contributed by atoms with Crippen LogP contribution in [-0.2, 0) is 0 Å². The van der Waals surface area contributed by atoms with Crippen molar-refractivity contribution >= 4 is 15.9 Å². The molecule has 2 aromatic carbocycles. The van der Waals surface area contributed by atoms with E-state index in [2.05, 4.69) is 35.0 Å². The van der Waals surface area contributed by atoms with Crippen molar-refractivity contribution in [2.24, 2.45) is 0 Å². The van der Waals surface area contributed by atoms with Crippen molar-refractivity contribution in [3.8, 4) is 5.75 Å². The molecule has 0 bridgehead atoms. The molecule has 0 aliphatic heterocycles. The summed E-state index contributed by atoms with van der Waals surface area (Å²) in [5.41, 5.74) is 2.47. The first kappa shape index (κ1) is 11.2. The van der Waals surface area contributed by atoms with Crippen LogP contribution in [0.4, 0.5) is 0 Å². The molecule has 16 heavy (non-hydrogen) atoms. The zero-order chi connectivity index (χ0) is 11.5. The van der Waals surface area contributed by atoms with Crippen molar-refractivity contribution in [1.29, 1.82) is 0 Å². The van der Waals surface area contributed by atoms with E-state index in [9.17, 15) is 5.11 Å². The molecule has 1 unspecified atom stereocenters. The summed E-state index contributed by atoms with van der Waals surface area (Å²) in [5, 5.41) is 9.45. The SMILES string of the molecule is CC(c1ccccc1)c1ccc(O)c(Br)c1. The van der Waals surface area contributed by atoms with E-state index in [1.807, 2.05) is 30.3 Å². The van der Waals surface area contributed by atoms with Crippen LogP contribution in [0, 0.1) is 0 Å². The van der Waals surface area contributed by atoms with Crippen molar-refractivity contribution in [3.05, 3.63) is 64.1 Å². The molecule has 1 atom stereocenters. The van der Waals surface area contributed by atoms with Gasteiger partial charge in [0.1, 0.15) is 5.75 Å². The second-order valence-electron chi connectivity index (χ2n) is 3.84. The number of benzene rings is 2. The van der Waals surface area contributed by atoms with Gasteiger partial charge in [-0.1, -0.05) is 43.3 Å². The third kappa shape index (κ3) is 2.27. The van der Waals surface area contributed by atoms with Crippen LogP contribution in [0.3, 0.4) is 0 Å². The van der Waals surface area contributed by atoms with Crippen molar-refractivity contribution in [2.75, 3.05) is 0 Å². The van der Waals surface area contributed by atoms with E-state index < -0.39 is 0 Å². The number of hydrogen-bond acceptors (Lipinski definition) is 1. The van der Waals surface area contributed by atoms with Gasteiger partial charge in [0.05, 0.1) is 4.47 Å². The summed E-state index contributed by atoms with van der Waals surface area (Å²) in [7, 11) is 0. The Kier molecular flexibility index (Phi) is 3.30. The fraction of sp³-hybridized carbons (Fsp3) is 0.143. The second-order valence-corrected chi connectivity index (χ2v) is 4.70. The van der Waals surface area contributed by atoms with Crippen LogP contribution in [0.25, 0.3) is 0 Å². The number of phenols is 1. The van der Waals surface area contributed by atoms with E-state index in [-0.39, 0.29) is 5.75 Å². The highest BCUT2D eigenvalue weighted by Gasteiger charge is 2.09. The number of aromatic hydroxyl groups is 1.